The van der Waals surface area contributed by atoms with Crippen LogP contribution in [0.5, 0.6) is 0 Å². The summed E-state index contributed by atoms with van der Waals surface area (Å²) >= 11 is 0. The van der Waals surface area contributed by atoms with Gasteiger partial charge in [0.05, 0.1) is 19.2 Å². The molecule has 0 heterocycles. The van der Waals surface area contributed by atoms with E-state index in [9.17, 15) is 4.39 Å². The number of nitrogens with one attached hydrogen (secondary N) is 2. The van der Waals surface area contributed by atoms with Crippen molar-refractivity contribution in [3.8, 4) is 0 Å². The zero-order chi connectivity index (χ0) is 13.4. The molecule has 0 amide bonds. The van der Waals surface area contributed by atoms with E-state index in [0.29, 0.717) is 19.1 Å². The molecule has 0 aliphatic rings. The van der Waals surface area contributed by atoms with Crippen molar-refractivity contribution in [2.45, 2.75) is 13.0 Å². The second-order valence-electron chi connectivity index (χ2n) is 3.79. The Labute approximate surface area is 106 Å². The molecule has 1 unspecified atom stereocenters. The first-order valence-electron chi connectivity index (χ1n) is 5.69. The minimum atomic E-state index is -0.264. The maximum absolute atomic E-state index is 13.1. The predicted octanol–water partition coefficient (Wildman–Crippen LogP) is 0.942. The summed E-state index contributed by atoms with van der Waals surface area (Å²) < 4.78 is 18.0. The van der Waals surface area contributed by atoms with E-state index >= 15 is 0 Å². The molecule has 0 aliphatic heterocycles. The van der Waals surface area contributed by atoms with Crippen LogP contribution < -0.4 is 16.6 Å². The molecule has 1 aromatic carbocycles. The van der Waals surface area contributed by atoms with Crippen molar-refractivity contribution in [1.29, 1.82) is 0 Å². The van der Waals surface area contributed by atoms with Crippen molar-refractivity contribution in [3.05, 3.63) is 35.6 Å². The van der Waals surface area contributed by atoms with E-state index in [-0.39, 0.29) is 11.9 Å². The lowest BCUT2D eigenvalue weighted by atomic mass is 10.1. The second-order valence-corrected chi connectivity index (χ2v) is 3.79. The molecule has 0 saturated heterocycles. The molecule has 1 atom stereocenters. The summed E-state index contributed by atoms with van der Waals surface area (Å²) in [5.41, 5.74) is 3.29. The maximum atomic E-state index is 13.1. The number of hydrogen-bond acceptors (Lipinski definition) is 3. The Morgan fingerprint density at radius 2 is 2.33 bits per heavy atom. The molecule has 1 aromatic rings. The maximum Gasteiger partial charge on any atom is 0.206 e. The smallest absolute Gasteiger partial charge is 0.206 e. The zero-order valence-electron chi connectivity index (χ0n) is 10.6. The first-order valence-corrected chi connectivity index (χ1v) is 5.69. The van der Waals surface area contributed by atoms with Crippen molar-refractivity contribution in [3.63, 3.8) is 0 Å². The minimum absolute atomic E-state index is 0.0990. The molecule has 0 bridgehead atoms. The summed E-state index contributed by atoms with van der Waals surface area (Å²) in [6.07, 6.45) is 0. The Hall–Kier alpha value is -1.66. The van der Waals surface area contributed by atoms with Crippen molar-refractivity contribution >= 4 is 5.96 Å². The Kier molecular flexibility index (Phi) is 6.10. The van der Waals surface area contributed by atoms with Gasteiger partial charge >= 0.3 is 0 Å². The highest BCUT2D eigenvalue weighted by Gasteiger charge is 2.07. The van der Waals surface area contributed by atoms with Crippen LogP contribution in [0.15, 0.2) is 29.3 Å². The lowest BCUT2D eigenvalue weighted by molar-refractivity contribution is 0.208. The van der Waals surface area contributed by atoms with Gasteiger partial charge in [-0.25, -0.2) is 15.2 Å². The van der Waals surface area contributed by atoms with Crippen LogP contribution in [0.2, 0.25) is 0 Å². The summed E-state index contributed by atoms with van der Waals surface area (Å²) in [6, 6.07) is 6.29. The number of ether oxygens (including phenoxy) is 1. The lowest BCUT2D eigenvalue weighted by Gasteiger charge is -2.17. The van der Waals surface area contributed by atoms with E-state index < -0.39 is 0 Å². The normalized spacial score (nSPS) is 13.2. The predicted molar refractivity (Wildman–Crippen MR) is 69.5 cm³/mol. The summed E-state index contributed by atoms with van der Waals surface area (Å²) in [6.45, 7) is 2.91. The fourth-order valence-electron chi connectivity index (χ4n) is 1.45. The summed E-state index contributed by atoms with van der Waals surface area (Å²) in [5, 5.41) is 3.06. The minimum Gasteiger partial charge on any atom is -0.383 e. The van der Waals surface area contributed by atoms with Gasteiger partial charge in [-0.2, -0.15) is 0 Å². The molecule has 5 nitrogen and oxygen atoms in total. The average Bonchev–Trinajstić information content (AvgIpc) is 2.37. The van der Waals surface area contributed by atoms with Crippen LogP contribution in [0, 0.1) is 5.82 Å². The number of rotatable bonds is 5. The van der Waals surface area contributed by atoms with Crippen molar-refractivity contribution < 1.29 is 9.13 Å². The number of hydrogen-bond donors (Lipinski definition) is 3. The van der Waals surface area contributed by atoms with E-state index in [1.54, 1.807) is 13.2 Å². The van der Waals surface area contributed by atoms with Crippen LogP contribution in [0.1, 0.15) is 18.5 Å². The van der Waals surface area contributed by atoms with Gasteiger partial charge in [0.1, 0.15) is 5.82 Å². The Morgan fingerprint density at radius 3 is 2.94 bits per heavy atom. The topological polar surface area (TPSA) is 71.7 Å². The summed E-state index contributed by atoms with van der Waals surface area (Å²) in [7, 11) is 1.61. The molecule has 0 aromatic heterocycles. The van der Waals surface area contributed by atoms with E-state index in [1.807, 2.05) is 13.0 Å². The van der Waals surface area contributed by atoms with Gasteiger partial charge in [-0.3, -0.25) is 5.43 Å². The summed E-state index contributed by atoms with van der Waals surface area (Å²) in [5.74, 6) is 5.54. The van der Waals surface area contributed by atoms with Gasteiger partial charge in [-0.1, -0.05) is 12.1 Å². The van der Waals surface area contributed by atoms with Gasteiger partial charge < -0.3 is 10.1 Å². The molecule has 0 aliphatic carbocycles. The van der Waals surface area contributed by atoms with Crippen LogP contribution in [-0.4, -0.2) is 26.2 Å². The van der Waals surface area contributed by atoms with E-state index in [1.165, 1.54) is 12.1 Å². The monoisotopic (exact) mass is 254 g/mol. The third-order valence-corrected chi connectivity index (χ3v) is 2.40. The number of benzene rings is 1. The molecule has 6 heteroatoms. The first-order chi connectivity index (χ1) is 8.67. The zero-order valence-corrected chi connectivity index (χ0v) is 10.6. The molecule has 0 saturated carbocycles. The lowest BCUT2D eigenvalue weighted by Crippen LogP contribution is -2.42. The van der Waals surface area contributed by atoms with Gasteiger partial charge in [0, 0.05) is 7.11 Å². The van der Waals surface area contributed by atoms with Crippen LogP contribution in [-0.2, 0) is 4.74 Å². The van der Waals surface area contributed by atoms with Gasteiger partial charge in [0.25, 0.3) is 0 Å². The molecular formula is C12H19FN4O. The highest BCUT2D eigenvalue weighted by atomic mass is 19.1. The Bertz CT molecular complexity index is 397. The molecule has 18 heavy (non-hydrogen) atoms. The van der Waals surface area contributed by atoms with Crippen molar-refractivity contribution in [2.24, 2.45) is 10.8 Å². The Balaban J connectivity index is 2.61. The largest absolute Gasteiger partial charge is 0.383 e. The molecule has 4 N–H and O–H groups in total. The SMILES string of the molecule is COCCN=C(NN)NC(C)c1cccc(F)c1. The van der Waals surface area contributed by atoms with Gasteiger partial charge in [-0.15, -0.1) is 0 Å². The van der Waals surface area contributed by atoms with E-state index in [4.69, 9.17) is 10.6 Å². The van der Waals surface area contributed by atoms with Gasteiger partial charge in [0.15, 0.2) is 0 Å². The molecule has 100 valence electrons. The highest BCUT2D eigenvalue weighted by molar-refractivity contribution is 5.79. The fraction of sp³-hybridized carbons (Fsp3) is 0.417. The highest BCUT2D eigenvalue weighted by Crippen LogP contribution is 2.12. The van der Waals surface area contributed by atoms with E-state index in [0.717, 1.165) is 5.56 Å². The van der Waals surface area contributed by atoms with Gasteiger partial charge in [-0.05, 0) is 24.6 Å². The first kappa shape index (κ1) is 14.4. The van der Waals surface area contributed by atoms with Crippen molar-refractivity contribution in [1.82, 2.24) is 10.7 Å². The standard InChI is InChI=1S/C12H19FN4O/c1-9(10-4-3-5-11(13)8-10)16-12(17-14)15-6-7-18-2/h3-5,8-9H,6-7,14H2,1-2H3,(H2,15,16,17). The van der Waals surface area contributed by atoms with Crippen LogP contribution in [0.25, 0.3) is 0 Å². The van der Waals surface area contributed by atoms with Crippen LogP contribution in [0.4, 0.5) is 4.39 Å². The Morgan fingerprint density at radius 1 is 1.56 bits per heavy atom. The van der Waals surface area contributed by atoms with Crippen LogP contribution in [0.3, 0.4) is 0 Å². The van der Waals surface area contributed by atoms with Crippen molar-refractivity contribution in [2.75, 3.05) is 20.3 Å². The summed E-state index contributed by atoms with van der Waals surface area (Å²) in [4.78, 5) is 4.17. The van der Waals surface area contributed by atoms with Crippen LogP contribution >= 0.6 is 0 Å². The number of methoxy groups -OCH3 is 1. The number of guanidine groups is 1. The number of nitrogens with zero attached hydrogens (tertiary/aromatic N) is 1. The molecule has 0 radical (unpaired) electrons. The number of hydrazine groups is 1. The fourth-order valence-corrected chi connectivity index (χ4v) is 1.45. The molecule has 0 fully saturated rings. The number of halogens is 1. The third kappa shape index (κ3) is 4.68. The quantitative estimate of drug-likeness (QED) is 0.240. The third-order valence-electron chi connectivity index (χ3n) is 2.40. The molecular weight excluding hydrogens is 235 g/mol. The number of nitrogens with two attached hydrogens (primary N) is 1. The van der Waals surface area contributed by atoms with E-state index in [2.05, 4.69) is 15.7 Å². The second kappa shape index (κ2) is 7.62. The average molecular weight is 254 g/mol. The molecule has 1 rings (SSSR count). The van der Waals surface area contributed by atoms with Gasteiger partial charge in [0.2, 0.25) is 5.96 Å². The number of aliphatic imine (C=N–C) groups is 1. The molecule has 0 spiro atoms.